The molecule has 0 aliphatic rings. The van der Waals surface area contributed by atoms with Gasteiger partial charge >= 0.3 is 5.97 Å². The first-order valence-corrected chi connectivity index (χ1v) is 7.36. The molecule has 5 heteroatoms. The Morgan fingerprint density at radius 3 is 2.70 bits per heavy atom. The Morgan fingerprint density at radius 2 is 2.00 bits per heavy atom. The van der Waals surface area contributed by atoms with Crippen LogP contribution in [0.1, 0.15) is 29.3 Å². The lowest BCUT2D eigenvalue weighted by Gasteiger charge is -2.14. The van der Waals surface area contributed by atoms with Gasteiger partial charge < -0.3 is 13.9 Å². The van der Waals surface area contributed by atoms with E-state index >= 15 is 0 Å². The van der Waals surface area contributed by atoms with Gasteiger partial charge in [-0.3, -0.25) is 0 Å². The highest BCUT2D eigenvalue weighted by Crippen LogP contribution is 2.31. The normalized spacial score (nSPS) is 11.9. The first-order chi connectivity index (χ1) is 9.65. The van der Waals surface area contributed by atoms with Crippen molar-refractivity contribution in [3.63, 3.8) is 0 Å². The van der Waals surface area contributed by atoms with Crippen LogP contribution in [0, 0.1) is 0 Å². The summed E-state index contributed by atoms with van der Waals surface area (Å²) in [7, 11) is 1.32. The fourth-order valence-corrected chi connectivity index (χ4v) is 2.28. The summed E-state index contributed by atoms with van der Waals surface area (Å²) in [4.78, 5) is 12.4. The Hall–Kier alpha value is -1.88. The number of rotatable bonds is 5. The molecule has 0 radical (unpaired) electrons. The lowest BCUT2D eigenvalue weighted by molar-refractivity contribution is 0.0558. The van der Waals surface area contributed by atoms with E-state index in [2.05, 4.69) is 4.74 Å². The van der Waals surface area contributed by atoms with Crippen molar-refractivity contribution in [1.29, 1.82) is 0 Å². The van der Waals surface area contributed by atoms with Crippen molar-refractivity contribution in [2.24, 2.45) is 0 Å². The number of hydrogen-bond acceptors (Lipinski definition) is 5. The standard InChI is InChI=1S/C15H16O4S/c1-10(11-8-9-13(19-11)15(16)17-2)18-12-6-4-5-7-14(12)20-3/h4-10H,1-3H3. The minimum atomic E-state index is -0.493. The number of carbonyl (C=O) groups is 1. The molecule has 0 N–H and O–H groups in total. The van der Waals surface area contributed by atoms with Crippen molar-refractivity contribution < 1.29 is 18.7 Å². The number of esters is 1. The molecule has 0 spiro atoms. The smallest absolute Gasteiger partial charge is 0.373 e. The molecule has 1 atom stereocenters. The van der Waals surface area contributed by atoms with Crippen molar-refractivity contribution >= 4 is 17.7 Å². The highest BCUT2D eigenvalue weighted by molar-refractivity contribution is 7.98. The summed E-state index contributed by atoms with van der Waals surface area (Å²) < 4.78 is 15.9. The summed E-state index contributed by atoms with van der Waals surface area (Å²) in [6.07, 6.45) is 1.71. The third-order valence-corrected chi connectivity index (χ3v) is 3.56. The quantitative estimate of drug-likeness (QED) is 0.617. The van der Waals surface area contributed by atoms with Gasteiger partial charge in [0.25, 0.3) is 0 Å². The molecule has 4 nitrogen and oxygen atoms in total. The number of carbonyl (C=O) groups excluding carboxylic acids is 1. The molecule has 106 valence electrons. The lowest BCUT2D eigenvalue weighted by atomic mass is 10.3. The van der Waals surface area contributed by atoms with E-state index in [1.165, 1.54) is 7.11 Å². The molecule has 0 saturated carbocycles. The zero-order valence-corrected chi connectivity index (χ0v) is 12.4. The van der Waals surface area contributed by atoms with Crippen LogP contribution in [0.25, 0.3) is 0 Å². The highest BCUT2D eigenvalue weighted by atomic mass is 32.2. The Kier molecular flexibility index (Phi) is 4.74. The van der Waals surface area contributed by atoms with Crippen molar-refractivity contribution in [3.05, 3.63) is 47.9 Å². The molecule has 1 unspecified atom stereocenters. The fraction of sp³-hybridized carbons (Fsp3) is 0.267. The monoisotopic (exact) mass is 292 g/mol. The third-order valence-electron chi connectivity index (χ3n) is 2.79. The number of ether oxygens (including phenoxy) is 2. The van der Waals surface area contributed by atoms with Crippen LogP contribution in [0.5, 0.6) is 5.75 Å². The van der Waals surface area contributed by atoms with Gasteiger partial charge in [-0.15, -0.1) is 11.8 Å². The van der Waals surface area contributed by atoms with E-state index in [4.69, 9.17) is 9.15 Å². The highest BCUT2D eigenvalue weighted by Gasteiger charge is 2.17. The van der Waals surface area contributed by atoms with Gasteiger partial charge in [0.05, 0.1) is 7.11 Å². The predicted octanol–water partition coefficient (Wildman–Crippen LogP) is 3.93. The van der Waals surface area contributed by atoms with Crippen LogP contribution in [-0.2, 0) is 4.74 Å². The molecular formula is C15H16O4S. The van der Waals surface area contributed by atoms with Crippen LogP contribution >= 0.6 is 11.8 Å². The molecule has 0 aliphatic carbocycles. The number of hydrogen-bond donors (Lipinski definition) is 0. The topological polar surface area (TPSA) is 48.7 Å². The molecule has 1 heterocycles. The maximum atomic E-state index is 11.3. The second-order valence-corrected chi connectivity index (χ2v) is 4.95. The second-order valence-electron chi connectivity index (χ2n) is 4.10. The van der Waals surface area contributed by atoms with Gasteiger partial charge in [0.1, 0.15) is 11.5 Å². The van der Waals surface area contributed by atoms with E-state index in [0.717, 1.165) is 10.6 Å². The molecule has 20 heavy (non-hydrogen) atoms. The van der Waals surface area contributed by atoms with E-state index in [1.807, 2.05) is 37.4 Å². The Labute approximate surface area is 122 Å². The minimum Gasteiger partial charge on any atom is -0.482 e. The first kappa shape index (κ1) is 14.5. The van der Waals surface area contributed by atoms with Gasteiger partial charge in [0, 0.05) is 4.90 Å². The Morgan fingerprint density at radius 1 is 1.25 bits per heavy atom. The van der Waals surface area contributed by atoms with Gasteiger partial charge in [0.15, 0.2) is 6.10 Å². The summed E-state index contributed by atoms with van der Waals surface area (Å²) in [6, 6.07) is 11.1. The maximum Gasteiger partial charge on any atom is 0.373 e. The van der Waals surface area contributed by atoms with E-state index < -0.39 is 5.97 Å². The maximum absolute atomic E-state index is 11.3. The molecule has 0 fully saturated rings. The SMILES string of the molecule is COC(=O)c1ccc(C(C)Oc2ccccc2SC)o1. The van der Waals surface area contributed by atoms with Gasteiger partial charge in [-0.25, -0.2) is 4.79 Å². The fourth-order valence-electron chi connectivity index (χ4n) is 1.75. The summed E-state index contributed by atoms with van der Waals surface area (Å²) in [5.41, 5.74) is 0. The van der Waals surface area contributed by atoms with E-state index in [-0.39, 0.29) is 11.9 Å². The predicted molar refractivity (Wildman–Crippen MR) is 77.3 cm³/mol. The van der Waals surface area contributed by atoms with Crippen molar-refractivity contribution in [2.75, 3.05) is 13.4 Å². The van der Waals surface area contributed by atoms with Crippen LogP contribution in [0.3, 0.4) is 0 Å². The van der Waals surface area contributed by atoms with E-state index in [9.17, 15) is 4.79 Å². The van der Waals surface area contributed by atoms with Crippen LogP contribution in [0.4, 0.5) is 0 Å². The molecule has 1 aromatic heterocycles. The summed E-state index contributed by atoms with van der Waals surface area (Å²) in [5, 5.41) is 0. The van der Waals surface area contributed by atoms with Crippen molar-refractivity contribution in [2.45, 2.75) is 17.9 Å². The average molecular weight is 292 g/mol. The van der Waals surface area contributed by atoms with Crippen LogP contribution in [0.2, 0.25) is 0 Å². The summed E-state index contributed by atoms with van der Waals surface area (Å²) in [5.74, 6) is 1.06. The summed E-state index contributed by atoms with van der Waals surface area (Å²) >= 11 is 1.62. The van der Waals surface area contributed by atoms with Gasteiger partial charge in [-0.2, -0.15) is 0 Å². The zero-order valence-electron chi connectivity index (χ0n) is 11.6. The molecule has 0 saturated heterocycles. The van der Waals surface area contributed by atoms with E-state index in [0.29, 0.717) is 5.76 Å². The zero-order chi connectivity index (χ0) is 14.5. The number of benzene rings is 1. The van der Waals surface area contributed by atoms with Crippen LogP contribution < -0.4 is 4.74 Å². The van der Waals surface area contributed by atoms with Gasteiger partial charge in [-0.1, -0.05) is 12.1 Å². The largest absolute Gasteiger partial charge is 0.482 e. The Balaban J connectivity index is 2.13. The summed E-state index contributed by atoms with van der Waals surface area (Å²) in [6.45, 7) is 1.87. The number of thioether (sulfide) groups is 1. The van der Waals surface area contributed by atoms with Crippen LogP contribution in [-0.4, -0.2) is 19.3 Å². The van der Waals surface area contributed by atoms with Gasteiger partial charge in [-0.05, 0) is 37.4 Å². The molecule has 2 aromatic rings. The third kappa shape index (κ3) is 3.17. The van der Waals surface area contributed by atoms with Crippen molar-refractivity contribution in [1.82, 2.24) is 0 Å². The second kappa shape index (κ2) is 6.52. The van der Waals surface area contributed by atoms with Gasteiger partial charge in [0.2, 0.25) is 5.76 Å². The molecule has 0 amide bonds. The number of para-hydroxylation sites is 1. The molecule has 2 rings (SSSR count). The molecule has 0 aliphatic heterocycles. The lowest BCUT2D eigenvalue weighted by Crippen LogP contribution is -2.03. The average Bonchev–Trinajstić information content (AvgIpc) is 2.97. The molecule has 0 bridgehead atoms. The number of furan rings is 1. The minimum absolute atomic E-state index is 0.177. The van der Waals surface area contributed by atoms with E-state index in [1.54, 1.807) is 23.9 Å². The Bertz CT molecular complexity index is 591. The molecular weight excluding hydrogens is 276 g/mol. The number of methoxy groups -OCH3 is 1. The molecule has 1 aromatic carbocycles. The first-order valence-electron chi connectivity index (χ1n) is 6.13. The van der Waals surface area contributed by atoms with Crippen LogP contribution in [0.15, 0.2) is 45.7 Å². The van der Waals surface area contributed by atoms with Crippen molar-refractivity contribution in [3.8, 4) is 5.75 Å².